The number of nitrogens with zero attached hydrogens (tertiary/aromatic N) is 2. The first-order chi connectivity index (χ1) is 9.20. The Balaban J connectivity index is 2.22. The van der Waals surface area contributed by atoms with E-state index in [1.807, 2.05) is 4.90 Å². The van der Waals surface area contributed by atoms with Crippen molar-refractivity contribution in [2.24, 2.45) is 0 Å². The number of nitriles is 1. The molecule has 0 radical (unpaired) electrons. The fraction of sp³-hybridized carbons (Fsp3) is 0.385. The quantitative estimate of drug-likeness (QED) is 0.897. The highest BCUT2D eigenvalue weighted by Crippen LogP contribution is 2.27. The molecular formula is C13H14FN3O2. The summed E-state index contributed by atoms with van der Waals surface area (Å²) in [6.07, 6.45) is -0.251. The molecule has 0 aliphatic carbocycles. The number of anilines is 2. The van der Waals surface area contributed by atoms with Crippen LogP contribution < -0.4 is 10.2 Å². The van der Waals surface area contributed by atoms with Crippen LogP contribution in [0.1, 0.15) is 6.42 Å². The lowest BCUT2D eigenvalue weighted by Gasteiger charge is -2.30. The van der Waals surface area contributed by atoms with Crippen LogP contribution in [0, 0.1) is 17.1 Å². The number of hydrogen-bond acceptors (Lipinski definition) is 4. The van der Waals surface area contributed by atoms with Gasteiger partial charge >= 0.3 is 0 Å². The average Bonchev–Trinajstić information content (AvgIpc) is 2.40. The molecule has 100 valence electrons. The molecule has 1 aromatic carbocycles. The van der Waals surface area contributed by atoms with Crippen LogP contribution in [-0.4, -0.2) is 32.2 Å². The van der Waals surface area contributed by atoms with Crippen molar-refractivity contribution in [1.82, 2.24) is 0 Å². The molecule has 6 heteroatoms. The highest BCUT2D eigenvalue weighted by Gasteiger charge is 2.16. The molecule has 0 bridgehead atoms. The zero-order valence-corrected chi connectivity index (χ0v) is 10.4. The zero-order valence-electron chi connectivity index (χ0n) is 10.4. The predicted molar refractivity (Wildman–Crippen MR) is 68.3 cm³/mol. The van der Waals surface area contributed by atoms with Crippen LogP contribution in [0.4, 0.5) is 15.8 Å². The molecule has 1 aromatic rings. The lowest BCUT2D eigenvalue weighted by atomic mass is 10.2. The van der Waals surface area contributed by atoms with Gasteiger partial charge < -0.3 is 15.0 Å². The van der Waals surface area contributed by atoms with Gasteiger partial charge in [0.05, 0.1) is 30.7 Å². The monoisotopic (exact) mass is 263 g/mol. The summed E-state index contributed by atoms with van der Waals surface area (Å²) in [5.74, 6) is -0.869. The molecule has 1 heterocycles. The minimum absolute atomic E-state index is 0.251. The summed E-state index contributed by atoms with van der Waals surface area (Å²) in [4.78, 5) is 13.5. The summed E-state index contributed by atoms with van der Waals surface area (Å²) in [5, 5.41) is 11.0. The molecule has 5 nitrogen and oxygen atoms in total. The van der Waals surface area contributed by atoms with E-state index in [-0.39, 0.29) is 6.42 Å². The first-order valence-corrected chi connectivity index (χ1v) is 6.00. The number of amides is 1. The Morgan fingerprint density at radius 2 is 2.21 bits per heavy atom. The topological polar surface area (TPSA) is 65.4 Å². The molecule has 1 amide bonds. The van der Waals surface area contributed by atoms with E-state index in [1.54, 1.807) is 12.1 Å². The van der Waals surface area contributed by atoms with E-state index in [9.17, 15) is 9.18 Å². The van der Waals surface area contributed by atoms with E-state index in [2.05, 4.69) is 5.32 Å². The van der Waals surface area contributed by atoms with Crippen molar-refractivity contribution < 1.29 is 13.9 Å². The van der Waals surface area contributed by atoms with Gasteiger partial charge in [-0.2, -0.15) is 5.26 Å². The van der Waals surface area contributed by atoms with E-state index in [1.165, 1.54) is 12.1 Å². The van der Waals surface area contributed by atoms with Crippen LogP contribution >= 0.6 is 0 Å². The molecule has 0 aromatic heterocycles. The number of rotatable bonds is 3. The van der Waals surface area contributed by atoms with Gasteiger partial charge in [-0.05, 0) is 18.2 Å². The average molecular weight is 263 g/mol. The number of carbonyl (C=O) groups excluding carboxylic acids is 1. The number of halogens is 1. The van der Waals surface area contributed by atoms with Gasteiger partial charge in [0, 0.05) is 13.1 Å². The second kappa shape index (κ2) is 6.16. The smallest absolute Gasteiger partial charge is 0.238 e. The molecule has 1 aliphatic rings. The van der Waals surface area contributed by atoms with Gasteiger partial charge in [0.1, 0.15) is 12.2 Å². The van der Waals surface area contributed by atoms with Crippen molar-refractivity contribution in [2.75, 3.05) is 36.5 Å². The van der Waals surface area contributed by atoms with Gasteiger partial charge in [0.25, 0.3) is 0 Å². The number of hydrogen-bond donors (Lipinski definition) is 1. The first-order valence-electron chi connectivity index (χ1n) is 6.00. The number of carbonyl (C=O) groups is 1. The predicted octanol–water partition coefficient (Wildman–Crippen LogP) is 1.51. The molecule has 0 atom stereocenters. The molecule has 1 aliphatic heterocycles. The second-order valence-corrected chi connectivity index (χ2v) is 4.14. The molecule has 0 saturated carbocycles. The largest absolute Gasteiger partial charge is 0.378 e. The van der Waals surface area contributed by atoms with Crippen molar-refractivity contribution in [2.45, 2.75) is 6.42 Å². The van der Waals surface area contributed by atoms with Crippen LogP contribution in [0.15, 0.2) is 18.2 Å². The molecule has 1 fully saturated rings. The van der Waals surface area contributed by atoms with E-state index >= 15 is 0 Å². The first kappa shape index (κ1) is 13.3. The standard InChI is InChI=1S/C13H14FN3O2/c14-10-1-2-12(17-5-7-19-8-6-17)11(9-10)16-13(18)3-4-15/h1-2,9H,3,5-8H2,(H,16,18). The summed E-state index contributed by atoms with van der Waals surface area (Å²) >= 11 is 0. The Kier molecular flexibility index (Phi) is 4.31. The maximum atomic E-state index is 13.3. The van der Waals surface area contributed by atoms with Crippen molar-refractivity contribution in [3.05, 3.63) is 24.0 Å². The van der Waals surface area contributed by atoms with Gasteiger partial charge in [0.2, 0.25) is 5.91 Å². The fourth-order valence-electron chi connectivity index (χ4n) is 1.95. The normalized spacial score (nSPS) is 14.8. The van der Waals surface area contributed by atoms with E-state index < -0.39 is 11.7 Å². The number of benzene rings is 1. The van der Waals surface area contributed by atoms with Crippen LogP contribution in [0.25, 0.3) is 0 Å². The van der Waals surface area contributed by atoms with E-state index in [0.29, 0.717) is 32.0 Å². The molecule has 0 unspecified atom stereocenters. The molecule has 2 rings (SSSR count). The third-order valence-electron chi connectivity index (χ3n) is 2.82. The lowest BCUT2D eigenvalue weighted by Crippen LogP contribution is -2.36. The molecule has 1 N–H and O–H groups in total. The van der Waals surface area contributed by atoms with Crippen LogP contribution in [0.2, 0.25) is 0 Å². The second-order valence-electron chi connectivity index (χ2n) is 4.14. The van der Waals surface area contributed by atoms with Crippen molar-refractivity contribution in [3.63, 3.8) is 0 Å². The Labute approximate surface area is 110 Å². The number of morpholine rings is 1. The van der Waals surface area contributed by atoms with Crippen molar-refractivity contribution >= 4 is 17.3 Å². The third kappa shape index (κ3) is 3.42. The maximum absolute atomic E-state index is 13.3. The maximum Gasteiger partial charge on any atom is 0.238 e. The molecule has 0 spiro atoms. The Morgan fingerprint density at radius 3 is 2.89 bits per heavy atom. The minimum Gasteiger partial charge on any atom is -0.378 e. The summed E-state index contributed by atoms with van der Waals surface area (Å²) in [7, 11) is 0. The van der Waals surface area contributed by atoms with Gasteiger partial charge in [-0.3, -0.25) is 4.79 Å². The molecule has 1 saturated heterocycles. The Hall–Kier alpha value is -2.13. The van der Waals surface area contributed by atoms with E-state index in [0.717, 1.165) is 5.69 Å². The summed E-state index contributed by atoms with van der Waals surface area (Å²) in [6, 6.07) is 6.01. The summed E-state index contributed by atoms with van der Waals surface area (Å²) in [6.45, 7) is 2.57. The van der Waals surface area contributed by atoms with Gasteiger partial charge in [-0.15, -0.1) is 0 Å². The molecular weight excluding hydrogens is 249 g/mol. The SMILES string of the molecule is N#CCC(=O)Nc1cc(F)ccc1N1CCOCC1. The van der Waals surface area contributed by atoms with E-state index in [4.69, 9.17) is 10.00 Å². The van der Waals surface area contributed by atoms with Crippen LogP contribution in [0.5, 0.6) is 0 Å². The van der Waals surface area contributed by atoms with Gasteiger partial charge in [-0.25, -0.2) is 4.39 Å². The van der Waals surface area contributed by atoms with Gasteiger partial charge in [-0.1, -0.05) is 0 Å². The number of ether oxygens (including phenoxy) is 1. The highest BCUT2D eigenvalue weighted by molar-refractivity contribution is 5.95. The van der Waals surface area contributed by atoms with Crippen molar-refractivity contribution in [1.29, 1.82) is 5.26 Å². The fourth-order valence-corrected chi connectivity index (χ4v) is 1.95. The zero-order chi connectivity index (χ0) is 13.7. The summed E-state index contributed by atoms with van der Waals surface area (Å²) in [5.41, 5.74) is 1.14. The number of nitrogens with one attached hydrogen (secondary N) is 1. The Bertz CT molecular complexity index is 507. The molecule has 19 heavy (non-hydrogen) atoms. The van der Waals surface area contributed by atoms with Crippen LogP contribution in [-0.2, 0) is 9.53 Å². The Morgan fingerprint density at radius 1 is 1.47 bits per heavy atom. The summed E-state index contributed by atoms with van der Waals surface area (Å²) < 4.78 is 18.5. The van der Waals surface area contributed by atoms with Gasteiger partial charge in [0.15, 0.2) is 0 Å². The highest BCUT2D eigenvalue weighted by atomic mass is 19.1. The lowest BCUT2D eigenvalue weighted by molar-refractivity contribution is -0.115. The minimum atomic E-state index is -0.442. The van der Waals surface area contributed by atoms with Crippen molar-refractivity contribution in [3.8, 4) is 6.07 Å². The third-order valence-corrected chi connectivity index (χ3v) is 2.82. The van der Waals surface area contributed by atoms with Crippen LogP contribution in [0.3, 0.4) is 0 Å².